The molecule has 38 heavy (non-hydrogen) atoms. The molecule has 13 heteroatoms. The van der Waals surface area contributed by atoms with Gasteiger partial charge in [-0.1, -0.05) is 11.6 Å². The maximum Gasteiger partial charge on any atom is 0.272 e. The molecule has 0 atom stereocenters. The average Bonchev–Trinajstić information content (AvgIpc) is 2.88. The van der Waals surface area contributed by atoms with Gasteiger partial charge in [0.05, 0.1) is 0 Å². The van der Waals surface area contributed by atoms with E-state index in [1.165, 1.54) is 30.5 Å². The molecule has 0 unspecified atom stereocenters. The van der Waals surface area contributed by atoms with Crippen LogP contribution >= 0.6 is 11.6 Å². The van der Waals surface area contributed by atoms with Crippen LogP contribution < -0.4 is 22.1 Å². The summed E-state index contributed by atoms with van der Waals surface area (Å²) in [5, 5.41) is 5.90. The number of alkyl halides is 2. The number of hydrogen-bond donors (Lipinski definition) is 4. The van der Waals surface area contributed by atoms with Gasteiger partial charge in [0.15, 0.2) is 6.61 Å². The minimum Gasteiger partial charge on any atom is -0.472 e. The van der Waals surface area contributed by atoms with Crippen LogP contribution in [-0.2, 0) is 9.53 Å². The summed E-state index contributed by atoms with van der Waals surface area (Å²) in [5.41, 5.74) is 12.2. The number of allylic oxidation sites excluding steroid dienone is 1. The zero-order chi connectivity index (χ0) is 27.7. The van der Waals surface area contributed by atoms with Crippen molar-refractivity contribution in [3.8, 4) is 0 Å². The first-order chi connectivity index (χ1) is 18.1. The van der Waals surface area contributed by atoms with Gasteiger partial charge >= 0.3 is 0 Å². The fourth-order valence-corrected chi connectivity index (χ4v) is 3.79. The monoisotopic (exact) mass is 553 g/mol. The molecule has 2 aromatic rings. The van der Waals surface area contributed by atoms with Gasteiger partial charge in [-0.3, -0.25) is 4.79 Å². The van der Waals surface area contributed by atoms with Crippen molar-refractivity contribution in [3.05, 3.63) is 70.6 Å². The Morgan fingerprint density at radius 1 is 1.18 bits per heavy atom. The molecule has 0 spiro atoms. The van der Waals surface area contributed by atoms with Crippen molar-refractivity contribution < 1.29 is 22.7 Å². The van der Waals surface area contributed by atoms with Gasteiger partial charge in [0, 0.05) is 73.4 Å². The van der Waals surface area contributed by atoms with Gasteiger partial charge in [-0.15, -0.1) is 0 Å². The number of hydrogen-bond acceptors (Lipinski definition) is 8. The summed E-state index contributed by atoms with van der Waals surface area (Å²) in [6, 6.07) is 6.91. The number of aromatic nitrogens is 1. The molecule has 1 aromatic carbocycles. The fraction of sp³-hybridized carbons (Fsp3) is 0.360. The van der Waals surface area contributed by atoms with E-state index in [1.807, 2.05) is 0 Å². The third-order valence-corrected chi connectivity index (χ3v) is 5.96. The number of ether oxygens (including phenoxy) is 1. The fourth-order valence-electron chi connectivity index (χ4n) is 3.62. The molecule has 0 bridgehead atoms. The minimum atomic E-state index is -2.77. The second-order valence-electron chi connectivity index (χ2n) is 8.70. The molecule has 3 rings (SSSR count). The van der Waals surface area contributed by atoms with E-state index in [4.69, 9.17) is 27.8 Å². The van der Waals surface area contributed by atoms with Crippen molar-refractivity contribution in [2.45, 2.75) is 12.8 Å². The van der Waals surface area contributed by atoms with Crippen LogP contribution in [0.25, 0.3) is 5.70 Å². The van der Waals surface area contributed by atoms with Crippen molar-refractivity contribution in [2.75, 3.05) is 57.0 Å². The molecule has 0 saturated carbocycles. The third kappa shape index (κ3) is 9.12. The van der Waals surface area contributed by atoms with E-state index in [2.05, 4.69) is 32.5 Å². The summed E-state index contributed by atoms with van der Waals surface area (Å²) in [5.74, 6) is -0.974. The first kappa shape index (κ1) is 29.1. The predicted molar refractivity (Wildman–Crippen MR) is 142 cm³/mol. The number of carbonyl (C=O) groups is 1. The number of benzene rings is 1. The lowest BCUT2D eigenvalue weighted by atomic mass is 10.1. The number of rotatable bonds is 11. The van der Waals surface area contributed by atoms with Gasteiger partial charge in [-0.05, 0) is 37.4 Å². The van der Waals surface area contributed by atoms with Gasteiger partial charge in [0.1, 0.15) is 17.3 Å². The number of nitrogens with one attached hydrogen (secondary N) is 2. The zero-order valence-electron chi connectivity index (χ0n) is 20.9. The smallest absolute Gasteiger partial charge is 0.272 e. The van der Waals surface area contributed by atoms with Gasteiger partial charge in [0.25, 0.3) is 6.43 Å². The molecule has 1 fully saturated rings. The lowest BCUT2D eigenvalue weighted by molar-refractivity contribution is -0.116. The lowest BCUT2D eigenvalue weighted by Crippen LogP contribution is -2.45. The number of amides is 1. The van der Waals surface area contributed by atoms with E-state index in [-0.39, 0.29) is 33.7 Å². The highest BCUT2D eigenvalue weighted by atomic mass is 35.5. The zero-order valence-corrected chi connectivity index (χ0v) is 21.6. The van der Waals surface area contributed by atoms with E-state index < -0.39 is 24.7 Å². The van der Waals surface area contributed by atoms with E-state index in [0.29, 0.717) is 18.7 Å². The number of pyridine rings is 1. The average molecular weight is 554 g/mol. The van der Waals surface area contributed by atoms with Crippen molar-refractivity contribution in [2.24, 2.45) is 11.5 Å². The first-order valence-electron chi connectivity index (χ1n) is 11.9. The Kier molecular flexibility index (Phi) is 10.6. The van der Waals surface area contributed by atoms with Crippen LogP contribution in [0.3, 0.4) is 0 Å². The summed E-state index contributed by atoms with van der Waals surface area (Å²) < 4.78 is 44.6. The first-order valence-corrected chi connectivity index (χ1v) is 12.3. The van der Waals surface area contributed by atoms with Crippen molar-refractivity contribution in [1.29, 1.82) is 0 Å². The Balaban J connectivity index is 1.73. The third-order valence-electron chi connectivity index (χ3n) is 5.73. The molecule has 1 saturated heterocycles. The second-order valence-corrected chi connectivity index (χ2v) is 9.14. The van der Waals surface area contributed by atoms with Crippen molar-refractivity contribution >= 4 is 34.7 Å². The molecule has 1 aliphatic heterocycles. The van der Waals surface area contributed by atoms with Crippen molar-refractivity contribution in [1.82, 2.24) is 14.8 Å². The largest absolute Gasteiger partial charge is 0.472 e. The molecule has 0 radical (unpaired) electrons. The summed E-state index contributed by atoms with van der Waals surface area (Å²) >= 11 is 5.95. The lowest BCUT2D eigenvalue weighted by Gasteiger charge is -2.32. The SMILES string of the molecule is CN1CCN(CCC(=O)Nc2cc(NC(/C=C(\N)c3cc(Cl)ccc3F)=C(/N)OCC(F)F)ccn2)CC1. The van der Waals surface area contributed by atoms with Gasteiger partial charge in [-0.25, -0.2) is 18.2 Å². The van der Waals surface area contributed by atoms with Crippen LogP contribution in [0.1, 0.15) is 12.0 Å². The number of nitrogens with zero attached hydrogens (tertiary/aromatic N) is 3. The van der Waals surface area contributed by atoms with Crippen LogP contribution in [0, 0.1) is 5.82 Å². The number of nitrogens with two attached hydrogens (primary N) is 2. The highest BCUT2D eigenvalue weighted by Crippen LogP contribution is 2.23. The molecule has 1 amide bonds. The quantitative estimate of drug-likeness (QED) is 0.247. The number of carbonyl (C=O) groups excluding carboxylic acids is 1. The topological polar surface area (TPSA) is 122 Å². The second kappa shape index (κ2) is 13.9. The number of halogens is 4. The van der Waals surface area contributed by atoms with Crippen LogP contribution in [0.5, 0.6) is 0 Å². The Morgan fingerprint density at radius 3 is 2.63 bits per heavy atom. The van der Waals surface area contributed by atoms with Gasteiger partial charge in [-0.2, -0.15) is 0 Å². The number of piperazine rings is 1. The number of anilines is 2. The Labute approximate surface area is 224 Å². The Bertz CT molecular complexity index is 1170. The molecule has 0 aliphatic carbocycles. The summed E-state index contributed by atoms with van der Waals surface area (Å²) in [7, 11) is 2.07. The maximum absolute atomic E-state index is 14.3. The molecule has 9 nitrogen and oxygen atoms in total. The minimum absolute atomic E-state index is 0.0125. The predicted octanol–water partition coefficient (Wildman–Crippen LogP) is 3.27. The van der Waals surface area contributed by atoms with E-state index >= 15 is 0 Å². The van der Waals surface area contributed by atoms with E-state index in [1.54, 1.807) is 6.07 Å². The van der Waals surface area contributed by atoms with Crippen LogP contribution in [0.15, 0.2) is 54.2 Å². The molecular weight excluding hydrogens is 523 g/mol. The van der Waals surface area contributed by atoms with E-state index in [9.17, 15) is 18.0 Å². The van der Waals surface area contributed by atoms with Crippen LogP contribution in [0.4, 0.5) is 24.7 Å². The van der Waals surface area contributed by atoms with Crippen LogP contribution in [0.2, 0.25) is 5.02 Å². The number of likely N-dealkylation sites (N-methyl/N-ethyl adjacent to an activating group) is 1. The molecular formula is C25H31ClF3N7O2. The summed E-state index contributed by atoms with van der Waals surface area (Å²) in [6.07, 6.45) is 0.211. The highest BCUT2D eigenvalue weighted by molar-refractivity contribution is 6.30. The highest BCUT2D eigenvalue weighted by Gasteiger charge is 2.16. The molecule has 1 aromatic heterocycles. The summed E-state index contributed by atoms with van der Waals surface area (Å²) in [4.78, 5) is 21.1. The Morgan fingerprint density at radius 2 is 1.92 bits per heavy atom. The van der Waals surface area contributed by atoms with E-state index in [0.717, 1.165) is 32.2 Å². The molecule has 1 aliphatic rings. The van der Waals surface area contributed by atoms with Crippen LogP contribution in [-0.4, -0.2) is 73.5 Å². The normalized spacial score (nSPS) is 15.8. The Hall–Kier alpha value is -3.48. The molecule has 6 N–H and O–H groups in total. The molecule has 2 heterocycles. The van der Waals surface area contributed by atoms with Gasteiger partial charge in [0.2, 0.25) is 11.8 Å². The molecule has 206 valence electrons. The maximum atomic E-state index is 14.3. The summed E-state index contributed by atoms with van der Waals surface area (Å²) in [6.45, 7) is 3.40. The van der Waals surface area contributed by atoms with Crippen molar-refractivity contribution in [3.63, 3.8) is 0 Å². The van der Waals surface area contributed by atoms with Gasteiger partial charge < -0.3 is 36.6 Å². The standard InChI is InChI=1S/C25H31ClF3N7O2/c1-35-8-10-36(11-9-35)7-5-24(37)34-23-13-17(4-6-32-23)33-21(25(31)38-15-22(28)29)14-20(30)18-12-16(26)2-3-19(18)27/h2-4,6,12-14,22H,5,7-11,15,30-31H2,1H3,(H2,32,33,34,37)/b20-14-,25-21-.